The first-order valence-corrected chi connectivity index (χ1v) is 8.99. The molecule has 0 fully saturated rings. The maximum absolute atomic E-state index is 12.3. The normalized spacial score (nSPS) is 9.88. The van der Waals surface area contributed by atoms with Crippen LogP contribution in [-0.4, -0.2) is 24.1 Å². The maximum atomic E-state index is 12.3. The van der Waals surface area contributed by atoms with Gasteiger partial charge >= 0.3 is 0 Å². The highest BCUT2D eigenvalue weighted by molar-refractivity contribution is 7.99. The predicted molar refractivity (Wildman–Crippen MR) is 105 cm³/mol. The van der Waals surface area contributed by atoms with Crippen LogP contribution in [0.1, 0.15) is 12.5 Å². The average molecular weight is 368 g/mol. The molecule has 7 heteroatoms. The van der Waals surface area contributed by atoms with Gasteiger partial charge in [-0.3, -0.25) is 9.59 Å². The molecule has 0 radical (unpaired) electrons. The van der Waals surface area contributed by atoms with Gasteiger partial charge in [0, 0.05) is 23.2 Å². The average Bonchev–Trinajstić information content (AvgIpc) is 2.61. The minimum Gasteiger partial charge on any atom is -0.376 e. The van der Waals surface area contributed by atoms with Crippen molar-refractivity contribution < 1.29 is 9.59 Å². The summed E-state index contributed by atoms with van der Waals surface area (Å²) < 4.78 is 0. The minimum atomic E-state index is -0.195. The molecule has 0 atom stereocenters. The van der Waals surface area contributed by atoms with E-state index in [-0.39, 0.29) is 18.4 Å². The Morgan fingerprint density at radius 3 is 2.46 bits per heavy atom. The SMILES string of the molecule is CC(=O)Nc1cccc(NCC(=O)Nc2ccccc2SCC#N)c1C. The van der Waals surface area contributed by atoms with Crippen molar-refractivity contribution in [1.29, 1.82) is 5.26 Å². The Balaban J connectivity index is 2.00. The van der Waals surface area contributed by atoms with Gasteiger partial charge < -0.3 is 16.0 Å². The fraction of sp³-hybridized carbons (Fsp3) is 0.211. The molecule has 0 saturated carbocycles. The van der Waals surface area contributed by atoms with Crippen LogP contribution in [0.4, 0.5) is 17.1 Å². The second kappa shape index (κ2) is 9.49. The molecule has 0 heterocycles. The number of thioether (sulfide) groups is 1. The van der Waals surface area contributed by atoms with E-state index in [0.29, 0.717) is 17.1 Å². The molecule has 0 aliphatic carbocycles. The first-order valence-electron chi connectivity index (χ1n) is 8.01. The topological polar surface area (TPSA) is 94.0 Å². The van der Waals surface area contributed by atoms with Crippen LogP contribution in [0, 0.1) is 18.3 Å². The van der Waals surface area contributed by atoms with Gasteiger partial charge in [-0.1, -0.05) is 18.2 Å². The number of carbonyl (C=O) groups excluding carboxylic acids is 2. The largest absolute Gasteiger partial charge is 0.376 e. The molecule has 2 aromatic rings. The van der Waals surface area contributed by atoms with Gasteiger partial charge in [0.1, 0.15) is 0 Å². The molecule has 26 heavy (non-hydrogen) atoms. The number of anilines is 3. The van der Waals surface area contributed by atoms with Crippen LogP contribution in [0.3, 0.4) is 0 Å². The Morgan fingerprint density at radius 2 is 1.73 bits per heavy atom. The highest BCUT2D eigenvalue weighted by Crippen LogP contribution is 2.27. The van der Waals surface area contributed by atoms with E-state index in [1.54, 1.807) is 6.07 Å². The fourth-order valence-electron chi connectivity index (χ4n) is 2.33. The van der Waals surface area contributed by atoms with Gasteiger partial charge in [0.2, 0.25) is 11.8 Å². The van der Waals surface area contributed by atoms with Crippen LogP contribution in [-0.2, 0) is 9.59 Å². The third-order valence-corrected chi connectivity index (χ3v) is 4.48. The number of carbonyl (C=O) groups is 2. The molecule has 2 amide bonds. The number of benzene rings is 2. The van der Waals surface area contributed by atoms with E-state index in [4.69, 9.17) is 5.26 Å². The molecular formula is C19H20N4O2S. The van der Waals surface area contributed by atoms with Gasteiger partial charge in [-0.25, -0.2) is 0 Å². The number of hydrogen-bond donors (Lipinski definition) is 3. The molecule has 0 unspecified atom stereocenters. The van der Waals surface area contributed by atoms with E-state index in [9.17, 15) is 9.59 Å². The summed E-state index contributed by atoms with van der Waals surface area (Å²) in [6, 6.07) is 14.9. The van der Waals surface area contributed by atoms with Crippen molar-refractivity contribution in [3.05, 3.63) is 48.0 Å². The van der Waals surface area contributed by atoms with Gasteiger partial charge in [-0.05, 0) is 36.8 Å². The number of hydrogen-bond acceptors (Lipinski definition) is 5. The smallest absolute Gasteiger partial charge is 0.243 e. The van der Waals surface area contributed by atoms with Gasteiger partial charge in [-0.2, -0.15) is 5.26 Å². The van der Waals surface area contributed by atoms with Crippen molar-refractivity contribution in [3.8, 4) is 6.07 Å². The lowest BCUT2D eigenvalue weighted by molar-refractivity contribution is -0.115. The molecule has 0 aliphatic rings. The number of nitrogens with zero attached hydrogens (tertiary/aromatic N) is 1. The van der Waals surface area contributed by atoms with Gasteiger partial charge in [0.25, 0.3) is 0 Å². The Hall–Kier alpha value is -2.98. The van der Waals surface area contributed by atoms with Crippen molar-refractivity contribution in [2.24, 2.45) is 0 Å². The zero-order valence-electron chi connectivity index (χ0n) is 14.6. The Labute approximate surface area is 157 Å². The lowest BCUT2D eigenvalue weighted by Gasteiger charge is -2.14. The number of nitriles is 1. The van der Waals surface area contributed by atoms with Crippen LogP contribution in [0.15, 0.2) is 47.4 Å². The van der Waals surface area contributed by atoms with E-state index in [2.05, 4.69) is 22.0 Å². The summed E-state index contributed by atoms with van der Waals surface area (Å²) in [4.78, 5) is 24.4. The summed E-state index contributed by atoms with van der Waals surface area (Å²) in [6.07, 6.45) is 0. The van der Waals surface area contributed by atoms with Gasteiger partial charge in [0.05, 0.1) is 24.1 Å². The zero-order valence-corrected chi connectivity index (χ0v) is 15.4. The van der Waals surface area contributed by atoms with Crippen LogP contribution < -0.4 is 16.0 Å². The molecule has 3 N–H and O–H groups in total. The molecule has 0 saturated heterocycles. The van der Waals surface area contributed by atoms with Crippen LogP contribution >= 0.6 is 11.8 Å². The second-order valence-corrected chi connectivity index (χ2v) is 6.52. The highest BCUT2D eigenvalue weighted by Gasteiger charge is 2.09. The van der Waals surface area contributed by atoms with Crippen molar-refractivity contribution in [1.82, 2.24) is 0 Å². The minimum absolute atomic E-state index is 0.0849. The standard InChI is InChI=1S/C19H20N4O2S/c1-13-15(7-5-8-16(13)22-14(2)24)21-12-19(25)23-17-6-3-4-9-18(17)26-11-10-20/h3-9,21H,11-12H2,1-2H3,(H,22,24)(H,23,25). The first-order chi connectivity index (χ1) is 12.5. The van der Waals surface area contributed by atoms with Crippen molar-refractivity contribution in [2.45, 2.75) is 18.7 Å². The Morgan fingerprint density at radius 1 is 1.04 bits per heavy atom. The molecule has 6 nitrogen and oxygen atoms in total. The highest BCUT2D eigenvalue weighted by atomic mass is 32.2. The molecule has 2 aromatic carbocycles. The molecular weight excluding hydrogens is 348 g/mol. The van der Waals surface area contributed by atoms with E-state index < -0.39 is 0 Å². The molecule has 0 bridgehead atoms. The lowest BCUT2D eigenvalue weighted by atomic mass is 10.1. The third kappa shape index (κ3) is 5.53. The van der Waals surface area contributed by atoms with Gasteiger partial charge in [0.15, 0.2) is 0 Å². The number of rotatable bonds is 7. The summed E-state index contributed by atoms with van der Waals surface area (Å²) in [5.74, 6) is -0.0194. The molecule has 134 valence electrons. The van der Waals surface area contributed by atoms with Crippen molar-refractivity contribution >= 4 is 40.6 Å². The lowest BCUT2D eigenvalue weighted by Crippen LogP contribution is -2.22. The predicted octanol–water partition coefficient (Wildman–Crippen LogP) is 3.62. The number of amides is 2. The van der Waals surface area contributed by atoms with Crippen LogP contribution in [0.5, 0.6) is 0 Å². The van der Waals surface area contributed by atoms with Crippen molar-refractivity contribution in [3.63, 3.8) is 0 Å². The third-order valence-electron chi connectivity index (χ3n) is 3.54. The Kier molecular flexibility index (Phi) is 7.06. The first kappa shape index (κ1) is 19.3. The zero-order chi connectivity index (χ0) is 18.9. The van der Waals surface area contributed by atoms with E-state index in [1.807, 2.05) is 43.3 Å². The number of para-hydroxylation sites is 1. The molecule has 0 spiro atoms. The van der Waals surface area contributed by atoms with E-state index >= 15 is 0 Å². The quantitative estimate of drug-likeness (QED) is 0.649. The molecule has 2 rings (SSSR count). The van der Waals surface area contributed by atoms with Gasteiger partial charge in [-0.15, -0.1) is 11.8 Å². The fourth-order valence-corrected chi connectivity index (χ4v) is 3.00. The second-order valence-electron chi connectivity index (χ2n) is 5.50. The maximum Gasteiger partial charge on any atom is 0.243 e. The van der Waals surface area contributed by atoms with E-state index in [1.165, 1.54) is 18.7 Å². The van der Waals surface area contributed by atoms with Crippen molar-refractivity contribution in [2.75, 3.05) is 28.2 Å². The molecule has 0 aromatic heterocycles. The summed E-state index contributed by atoms with van der Waals surface area (Å²) in [5, 5.41) is 17.4. The summed E-state index contributed by atoms with van der Waals surface area (Å²) in [7, 11) is 0. The summed E-state index contributed by atoms with van der Waals surface area (Å²) in [5.41, 5.74) is 3.03. The summed E-state index contributed by atoms with van der Waals surface area (Å²) in [6.45, 7) is 3.41. The number of nitrogens with one attached hydrogen (secondary N) is 3. The summed E-state index contributed by atoms with van der Waals surface area (Å²) >= 11 is 1.38. The van der Waals surface area contributed by atoms with E-state index in [0.717, 1.165) is 16.1 Å². The monoisotopic (exact) mass is 368 g/mol. The van der Waals surface area contributed by atoms with Crippen LogP contribution in [0.25, 0.3) is 0 Å². The Bertz CT molecular complexity index is 846. The molecule has 0 aliphatic heterocycles. The van der Waals surface area contributed by atoms with Crippen LogP contribution in [0.2, 0.25) is 0 Å².